The van der Waals surface area contributed by atoms with Crippen molar-refractivity contribution in [3.8, 4) is 0 Å². The van der Waals surface area contributed by atoms with E-state index in [4.69, 9.17) is 37.0 Å². The summed E-state index contributed by atoms with van der Waals surface area (Å²) in [5.41, 5.74) is 0. The van der Waals surface area contributed by atoms with E-state index in [9.17, 15) is 43.2 Å². The molecule has 0 spiro atoms. The molecular weight excluding hydrogens is 1310 g/mol. The molecule has 0 bridgehead atoms. The summed E-state index contributed by atoms with van der Waals surface area (Å²) in [6.07, 6.45) is 59.7. The molecule has 594 valence electrons. The number of phosphoric ester groups is 2. The summed E-state index contributed by atoms with van der Waals surface area (Å²) in [7, 11) is -9.92. The van der Waals surface area contributed by atoms with Crippen molar-refractivity contribution >= 4 is 39.5 Å². The summed E-state index contributed by atoms with van der Waals surface area (Å²) >= 11 is 0. The van der Waals surface area contributed by atoms with Gasteiger partial charge in [0.15, 0.2) is 12.2 Å². The van der Waals surface area contributed by atoms with Crippen molar-refractivity contribution in [2.75, 3.05) is 39.6 Å². The number of aliphatic hydroxyl groups excluding tert-OH is 1. The molecule has 0 aromatic heterocycles. The Hall–Kier alpha value is -1.94. The first kappa shape index (κ1) is 98.1. The van der Waals surface area contributed by atoms with Crippen molar-refractivity contribution in [3.63, 3.8) is 0 Å². The van der Waals surface area contributed by atoms with Crippen molar-refractivity contribution in [3.05, 3.63) is 0 Å². The molecule has 0 aromatic carbocycles. The number of hydrogen-bond acceptors (Lipinski definition) is 15. The van der Waals surface area contributed by atoms with E-state index < -0.39 is 97.5 Å². The SMILES string of the molecule is CCCCCCCCCCCCCCCCCCCCCCC(=O)O[C@H](COC(=O)CCCCCCCCCCCCCCC(C)C)COP(=O)(O)OC[C@@H](O)COP(=O)(O)OC[C@@H](COC(=O)CCCCCCCCC(C)CC)OC(=O)CCCCCCCCCCCCCCC(C)C. The summed E-state index contributed by atoms with van der Waals surface area (Å²) in [5.74, 6) is 0.177. The van der Waals surface area contributed by atoms with Crippen LogP contribution in [0.3, 0.4) is 0 Å². The first-order valence-corrected chi connectivity index (χ1v) is 44.9. The number of carbonyl (C=O) groups excluding carboxylic acids is 4. The molecule has 0 fully saturated rings. The topological polar surface area (TPSA) is 237 Å². The molecule has 3 unspecified atom stereocenters. The van der Waals surface area contributed by atoms with Crippen molar-refractivity contribution in [2.45, 2.75) is 439 Å². The number of hydrogen-bond donors (Lipinski definition) is 3. The molecule has 0 rings (SSSR count). The number of aliphatic hydroxyl groups is 1. The quantitative estimate of drug-likeness (QED) is 0.0222. The van der Waals surface area contributed by atoms with Crippen molar-refractivity contribution in [1.29, 1.82) is 0 Å². The largest absolute Gasteiger partial charge is 0.472 e. The fraction of sp³-hybridized carbons (Fsp3) is 0.951. The Kier molecular flexibility index (Phi) is 69.9. The minimum atomic E-state index is -4.96. The molecule has 0 saturated carbocycles. The van der Waals surface area contributed by atoms with Crippen molar-refractivity contribution in [2.24, 2.45) is 17.8 Å². The van der Waals surface area contributed by atoms with E-state index in [0.717, 1.165) is 114 Å². The Labute approximate surface area is 613 Å². The van der Waals surface area contributed by atoms with E-state index in [0.29, 0.717) is 25.7 Å². The predicted molar refractivity (Wildman–Crippen MR) is 409 cm³/mol. The van der Waals surface area contributed by atoms with Gasteiger partial charge in [0.25, 0.3) is 0 Å². The Morgan fingerprint density at radius 2 is 0.510 bits per heavy atom. The molecule has 100 heavy (non-hydrogen) atoms. The molecule has 0 amide bonds. The second kappa shape index (κ2) is 71.3. The zero-order valence-electron chi connectivity index (χ0n) is 65.7. The zero-order chi connectivity index (χ0) is 73.7. The molecule has 0 aromatic rings. The molecule has 6 atom stereocenters. The van der Waals surface area contributed by atoms with Gasteiger partial charge in [-0.1, -0.05) is 370 Å². The second-order valence-corrected chi connectivity index (χ2v) is 33.3. The lowest BCUT2D eigenvalue weighted by Gasteiger charge is -2.21. The van der Waals surface area contributed by atoms with Gasteiger partial charge in [0.2, 0.25) is 0 Å². The van der Waals surface area contributed by atoms with Gasteiger partial charge in [-0.2, -0.15) is 0 Å². The lowest BCUT2D eigenvalue weighted by molar-refractivity contribution is -0.161. The normalized spacial score (nSPS) is 14.2. The average molecular weight is 1470 g/mol. The number of rotatable bonds is 79. The van der Waals surface area contributed by atoms with Crippen LogP contribution in [0.1, 0.15) is 421 Å². The smallest absolute Gasteiger partial charge is 0.462 e. The molecule has 3 N–H and O–H groups in total. The van der Waals surface area contributed by atoms with E-state index in [2.05, 4.69) is 48.5 Å². The zero-order valence-corrected chi connectivity index (χ0v) is 67.5. The molecule has 0 heterocycles. The van der Waals surface area contributed by atoms with Gasteiger partial charge in [0, 0.05) is 25.7 Å². The lowest BCUT2D eigenvalue weighted by atomic mass is 10.00. The third kappa shape index (κ3) is 73.0. The van der Waals surface area contributed by atoms with Gasteiger partial charge >= 0.3 is 39.5 Å². The van der Waals surface area contributed by atoms with Gasteiger partial charge in [0.05, 0.1) is 26.4 Å². The maximum absolute atomic E-state index is 13.1. The summed E-state index contributed by atoms with van der Waals surface area (Å²) in [6.45, 7) is 11.9. The van der Waals surface area contributed by atoms with Crippen molar-refractivity contribution < 1.29 is 80.2 Å². The summed E-state index contributed by atoms with van der Waals surface area (Å²) in [4.78, 5) is 73.0. The van der Waals surface area contributed by atoms with E-state index in [1.807, 2.05) is 0 Å². The van der Waals surface area contributed by atoms with Gasteiger partial charge < -0.3 is 33.8 Å². The monoisotopic (exact) mass is 1470 g/mol. The minimum absolute atomic E-state index is 0.106. The number of phosphoric acid groups is 2. The van der Waals surface area contributed by atoms with Crippen LogP contribution in [-0.2, 0) is 65.4 Å². The molecule has 0 aliphatic heterocycles. The third-order valence-corrected chi connectivity index (χ3v) is 21.1. The molecule has 17 nitrogen and oxygen atoms in total. The van der Waals surface area contributed by atoms with Crippen LogP contribution in [0.2, 0.25) is 0 Å². The van der Waals surface area contributed by atoms with Gasteiger partial charge in [-0.15, -0.1) is 0 Å². The van der Waals surface area contributed by atoms with Gasteiger partial charge in [-0.05, 0) is 43.4 Å². The van der Waals surface area contributed by atoms with Crippen LogP contribution in [0.15, 0.2) is 0 Å². The summed E-state index contributed by atoms with van der Waals surface area (Å²) in [5, 5.41) is 10.6. The molecule has 0 aliphatic carbocycles. The Morgan fingerprint density at radius 3 is 0.760 bits per heavy atom. The van der Waals surface area contributed by atoms with Gasteiger partial charge in [-0.25, -0.2) is 9.13 Å². The number of unbranched alkanes of at least 4 members (excludes halogenated alkanes) is 46. The van der Waals surface area contributed by atoms with Crippen LogP contribution in [0.4, 0.5) is 0 Å². The van der Waals surface area contributed by atoms with E-state index in [-0.39, 0.29) is 25.7 Å². The van der Waals surface area contributed by atoms with Crippen LogP contribution >= 0.6 is 15.6 Å². The highest BCUT2D eigenvalue weighted by molar-refractivity contribution is 7.47. The molecule has 0 aliphatic rings. The second-order valence-electron chi connectivity index (χ2n) is 30.4. The predicted octanol–water partition coefficient (Wildman–Crippen LogP) is 24.1. The highest BCUT2D eigenvalue weighted by Crippen LogP contribution is 2.45. The van der Waals surface area contributed by atoms with Crippen molar-refractivity contribution in [1.82, 2.24) is 0 Å². The highest BCUT2D eigenvalue weighted by atomic mass is 31.2. The minimum Gasteiger partial charge on any atom is -0.462 e. The first-order chi connectivity index (χ1) is 48.3. The molecule has 0 radical (unpaired) electrons. The third-order valence-electron chi connectivity index (χ3n) is 19.2. The van der Waals surface area contributed by atoms with E-state index >= 15 is 0 Å². The Balaban J connectivity index is 5.24. The summed E-state index contributed by atoms with van der Waals surface area (Å²) < 4.78 is 68.7. The Bertz CT molecular complexity index is 1940. The number of esters is 4. The Morgan fingerprint density at radius 1 is 0.290 bits per heavy atom. The fourth-order valence-corrected chi connectivity index (χ4v) is 14.0. The highest BCUT2D eigenvalue weighted by Gasteiger charge is 2.30. The number of carbonyl (C=O) groups is 4. The maximum Gasteiger partial charge on any atom is 0.472 e. The maximum atomic E-state index is 13.1. The fourth-order valence-electron chi connectivity index (χ4n) is 12.5. The number of ether oxygens (including phenoxy) is 4. The van der Waals surface area contributed by atoms with Gasteiger partial charge in [0.1, 0.15) is 19.3 Å². The van der Waals surface area contributed by atoms with Crippen LogP contribution in [0.5, 0.6) is 0 Å². The van der Waals surface area contributed by atoms with Crippen LogP contribution in [-0.4, -0.2) is 96.7 Å². The van der Waals surface area contributed by atoms with Crippen LogP contribution in [0, 0.1) is 17.8 Å². The standard InChI is InChI=1S/C81H158O17P2/c1-8-10-11-12-13-14-15-16-17-18-19-20-21-22-23-31-36-41-50-57-64-80(85)97-76(68-91-78(83)62-55-48-40-35-30-26-24-28-33-38-45-52-59-72(3)4)70-95-99(87,88)93-66-75(82)67-94-100(89,90)96-71-77(69-92-79(84)63-56-49-44-43-47-54-61-74(7)9-2)98-81(86)65-58-51-42-37-32-27-25-29-34-39-46-53-60-73(5)6/h72-77,82H,8-71H2,1-7H3,(H,87,88)(H,89,90)/t74?,75-,76-,77-/m1/s1. The molecular formula is C81H158O17P2. The summed E-state index contributed by atoms with van der Waals surface area (Å²) in [6, 6.07) is 0. The van der Waals surface area contributed by atoms with E-state index in [1.165, 1.54) is 225 Å². The average Bonchev–Trinajstić information content (AvgIpc) is 2.13. The lowest BCUT2D eigenvalue weighted by Crippen LogP contribution is -2.30. The van der Waals surface area contributed by atoms with Crippen LogP contribution < -0.4 is 0 Å². The molecule has 19 heteroatoms. The molecule has 0 saturated heterocycles. The van der Waals surface area contributed by atoms with Gasteiger partial charge in [-0.3, -0.25) is 37.3 Å². The van der Waals surface area contributed by atoms with E-state index in [1.54, 1.807) is 0 Å². The first-order valence-electron chi connectivity index (χ1n) is 41.9. The van der Waals surface area contributed by atoms with Crippen LogP contribution in [0.25, 0.3) is 0 Å².